The van der Waals surface area contributed by atoms with Crippen LogP contribution >= 0.6 is 0 Å². The molecule has 0 radical (unpaired) electrons. The number of aryl methyl sites for hydroxylation is 1. The minimum absolute atomic E-state index is 0.0607. The smallest absolute Gasteiger partial charge is 0.159 e. The highest BCUT2D eigenvalue weighted by molar-refractivity contribution is 5.94. The molecular weight excluding hydrogens is 335 g/mol. The van der Waals surface area contributed by atoms with E-state index in [1.807, 2.05) is 60.7 Å². The standard InChI is InChI=1S/C25H25FO/c1-3-4-5-6-19-7-16-24(25(26)17-19)23-14-12-22(13-15-23)21-10-8-20(9-11-21)18(2)27/h7-17H,3-6H2,1-2H3. The average molecular weight is 360 g/mol. The van der Waals surface area contributed by atoms with Gasteiger partial charge >= 0.3 is 0 Å². The van der Waals surface area contributed by atoms with E-state index in [9.17, 15) is 9.18 Å². The Balaban J connectivity index is 1.77. The van der Waals surface area contributed by atoms with Gasteiger partial charge in [0.1, 0.15) is 5.82 Å². The summed E-state index contributed by atoms with van der Waals surface area (Å²) in [7, 11) is 0. The molecule has 0 aliphatic heterocycles. The van der Waals surface area contributed by atoms with E-state index < -0.39 is 0 Å². The van der Waals surface area contributed by atoms with Gasteiger partial charge in [0.25, 0.3) is 0 Å². The molecule has 3 aromatic rings. The van der Waals surface area contributed by atoms with Crippen molar-refractivity contribution in [2.75, 3.05) is 0 Å². The van der Waals surface area contributed by atoms with Crippen LogP contribution in [-0.4, -0.2) is 5.78 Å². The van der Waals surface area contributed by atoms with Crippen molar-refractivity contribution >= 4 is 5.78 Å². The summed E-state index contributed by atoms with van der Waals surface area (Å²) in [5, 5.41) is 0. The maximum absolute atomic E-state index is 14.6. The molecule has 0 bridgehead atoms. The number of rotatable bonds is 7. The molecule has 0 unspecified atom stereocenters. The van der Waals surface area contributed by atoms with E-state index in [0.717, 1.165) is 35.1 Å². The highest BCUT2D eigenvalue weighted by atomic mass is 19.1. The first-order valence-electron chi connectivity index (χ1n) is 9.58. The normalized spacial score (nSPS) is 10.8. The van der Waals surface area contributed by atoms with Crippen molar-refractivity contribution in [3.8, 4) is 22.3 Å². The van der Waals surface area contributed by atoms with Gasteiger partial charge in [-0.1, -0.05) is 80.4 Å². The molecule has 0 spiro atoms. The van der Waals surface area contributed by atoms with Gasteiger partial charge in [-0.3, -0.25) is 4.79 Å². The van der Waals surface area contributed by atoms with Crippen LogP contribution in [0.5, 0.6) is 0 Å². The predicted molar refractivity (Wildman–Crippen MR) is 111 cm³/mol. The van der Waals surface area contributed by atoms with Gasteiger partial charge in [-0.05, 0) is 48.1 Å². The van der Waals surface area contributed by atoms with Crippen LogP contribution < -0.4 is 0 Å². The van der Waals surface area contributed by atoms with Gasteiger partial charge in [-0.15, -0.1) is 0 Å². The molecule has 138 valence electrons. The predicted octanol–water partition coefficient (Wildman–Crippen LogP) is 7.10. The Morgan fingerprint density at radius 2 is 1.41 bits per heavy atom. The Kier molecular flexibility index (Phi) is 6.18. The van der Waals surface area contributed by atoms with E-state index in [1.54, 1.807) is 13.0 Å². The van der Waals surface area contributed by atoms with E-state index in [2.05, 4.69) is 6.92 Å². The SMILES string of the molecule is CCCCCc1ccc(-c2ccc(-c3ccc(C(C)=O)cc3)cc2)c(F)c1. The molecule has 0 aromatic heterocycles. The van der Waals surface area contributed by atoms with Crippen LogP contribution in [0.3, 0.4) is 0 Å². The van der Waals surface area contributed by atoms with Gasteiger partial charge < -0.3 is 0 Å². The summed E-state index contributed by atoms with van der Waals surface area (Å²) in [6.45, 7) is 3.73. The van der Waals surface area contributed by atoms with Gasteiger partial charge in [0, 0.05) is 11.1 Å². The molecule has 0 saturated heterocycles. The van der Waals surface area contributed by atoms with Crippen molar-refractivity contribution in [1.29, 1.82) is 0 Å². The van der Waals surface area contributed by atoms with E-state index in [1.165, 1.54) is 12.8 Å². The van der Waals surface area contributed by atoms with E-state index in [0.29, 0.717) is 11.1 Å². The molecule has 0 aliphatic rings. The molecule has 2 heteroatoms. The number of halogens is 1. The summed E-state index contributed by atoms with van der Waals surface area (Å²) in [5.41, 5.74) is 5.36. The quantitative estimate of drug-likeness (QED) is 0.324. The van der Waals surface area contributed by atoms with E-state index >= 15 is 0 Å². The maximum Gasteiger partial charge on any atom is 0.159 e. The molecule has 0 saturated carbocycles. The molecule has 0 amide bonds. The van der Waals surface area contributed by atoms with Gasteiger partial charge in [-0.2, -0.15) is 0 Å². The Bertz CT molecular complexity index is 908. The highest BCUT2D eigenvalue weighted by Gasteiger charge is 2.07. The molecule has 27 heavy (non-hydrogen) atoms. The average Bonchev–Trinajstić information content (AvgIpc) is 2.69. The fourth-order valence-corrected chi connectivity index (χ4v) is 3.27. The van der Waals surface area contributed by atoms with Crippen molar-refractivity contribution in [1.82, 2.24) is 0 Å². The minimum atomic E-state index is -0.164. The lowest BCUT2D eigenvalue weighted by atomic mass is 9.97. The molecule has 3 aromatic carbocycles. The van der Waals surface area contributed by atoms with Crippen LogP contribution in [0.2, 0.25) is 0 Å². The number of hydrogen-bond acceptors (Lipinski definition) is 1. The molecule has 0 fully saturated rings. The molecule has 3 rings (SSSR count). The van der Waals surface area contributed by atoms with Crippen LogP contribution in [0.15, 0.2) is 66.7 Å². The van der Waals surface area contributed by atoms with Crippen LogP contribution in [0.1, 0.15) is 49.0 Å². The molecule has 1 nitrogen and oxygen atoms in total. The molecular formula is C25H25FO. The zero-order valence-corrected chi connectivity index (χ0v) is 16.0. The van der Waals surface area contributed by atoms with Crippen LogP contribution in [0.4, 0.5) is 4.39 Å². The zero-order valence-electron chi connectivity index (χ0n) is 16.0. The number of ketones is 1. The summed E-state index contributed by atoms with van der Waals surface area (Å²) in [6, 6.07) is 21.0. The summed E-state index contributed by atoms with van der Waals surface area (Å²) in [4.78, 5) is 11.4. The Hall–Kier alpha value is -2.74. The van der Waals surface area contributed by atoms with Crippen LogP contribution in [0.25, 0.3) is 22.3 Å². The zero-order chi connectivity index (χ0) is 19.2. The number of benzene rings is 3. The van der Waals surface area contributed by atoms with Gasteiger partial charge in [0.2, 0.25) is 0 Å². The first-order valence-corrected chi connectivity index (χ1v) is 9.58. The van der Waals surface area contributed by atoms with Crippen molar-refractivity contribution in [3.63, 3.8) is 0 Å². The van der Waals surface area contributed by atoms with Gasteiger partial charge in [-0.25, -0.2) is 4.39 Å². The van der Waals surface area contributed by atoms with Crippen molar-refractivity contribution < 1.29 is 9.18 Å². The first kappa shape index (κ1) is 19.0. The molecule has 0 atom stereocenters. The number of carbonyl (C=O) groups is 1. The van der Waals surface area contributed by atoms with Gasteiger partial charge in [0.15, 0.2) is 5.78 Å². The number of carbonyl (C=O) groups excluding carboxylic acids is 1. The second kappa shape index (κ2) is 8.77. The third-order valence-corrected chi connectivity index (χ3v) is 4.92. The summed E-state index contributed by atoms with van der Waals surface area (Å²) in [5.74, 6) is -0.104. The summed E-state index contributed by atoms with van der Waals surface area (Å²) < 4.78 is 14.6. The molecule has 0 aliphatic carbocycles. The summed E-state index contributed by atoms with van der Waals surface area (Å²) >= 11 is 0. The van der Waals surface area contributed by atoms with Gasteiger partial charge in [0.05, 0.1) is 0 Å². The maximum atomic E-state index is 14.6. The number of unbranched alkanes of at least 4 members (excludes halogenated alkanes) is 2. The minimum Gasteiger partial charge on any atom is -0.295 e. The summed E-state index contributed by atoms with van der Waals surface area (Å²) in [6.07, 6.45) is 4.38. The second-order valence-corrected chi connectivity index (χ2v) is 6.98. The van der Waals surface area contributed by atoms with Crippen LogP contribution in [0, 0.1) is 5.82 Å². The third kappa shape index (κ3) is 4.71. The lowest BCUT2D eigenvalue weighted by molar-refractivity contribution is 0.101. The fraction of sp³-hybridized carbons (Fsp3) is 0.240. The molecule has 0 heterocycles. The van der Waals surface area contributed by atoms with Crippen molar-refractivity contribution in [2.45, 2.75) is 39.5 Å². The van der Waals surface area contributed by atoms with E-state index in [4.69, 9.17) is 0 Å². The first-order chi connectivity index (χ1) is 13.1. The number of hydrogen-bond donors (Lipinski definition) is 0. The van der Waals surface area contributed by atoms with Crippen LogP contribution in [-0.2, 0) is 6.42 Å². The second-order valence-electron chi connectivity index (χ2n) is 6.98. The monoisotopic (exact) mass is 360 g/mol. The van der Waals surface area contributed by atoms with Crippen molar-refractivity contribution in [2.24, 2.45) is 0 Å². The molecule has 0 N–H and O–H groups in total. The Labute approximate surface area is 160 Å². The fourth-order valence-electron chi connectivity index (χ4n) is 3.27. The topological polar surface area (TPSA) is 17.1 Å². The lowest BCUT2D eigenvalue weighted by Crippen LogP contribution is -1.91. The van der Waals surface area contributed by atoms with Crippen molar-refractivity contribution in [3.05, 3.63) is 83.7 Å². The third-order valence-electron chi connectivity index (χ3n) is 4.92. The Morgan fingerprint density at radius 1 is 0.815 bits per heavy atom. The Morgan fingerprint density at radius 3 is 1.96 bits per heavy atom. The highest BCUT2D eigenvalue weighted by Crippen LogP contribution is 2.28. The van der Waals surface area contributed by atoms with E-state index in [-0.39, 0.29) is 11.6 Å². The largest absolute Gasteiger partial charge is 0.295 e. The lowest BCUT2D eigenvalue weighted by Gasteiger charge is -2.08. The number of Topliss-reactive ketones (excluding diaryl/α,β-unsaturated/α-hetero) is 1.